The topological polar surface area (TPSA) is 12.0 Å². The van der Waals surface area contributed by atoms with Crippen molar-refractivity contribution in [2.75, 3.05) is 0 Å². The van der Waals surface area contributed by atoms with E-state index >= 15 is 0 Å². The molecule has 0 amide bonds. The van der Waals surface area contributed by atoms with Crippen LogP contribution in [0.1, 0.15) is 30.5 Å². The summed E-state index contributed by atoms with van der Waals surface area (Å²) in [5.74, 6) is 0. The van der Waals surface area contributed by atoms with Crippen molar-refractivity contribution in [2.45, 2.75) is 50.1 Å². The van der Waals surface area contributed by atoms with Gasteiger partial charge < -0.3 is 5.32 Å². The second kappa shape index (κ2) is 7.35. The Morgan fingerprint density at radius 2 is 1.81 bits per heavy atom. The molecule has 2 aromatic rings. The highest BCUT2D eigenvalue weighted by molar-refractivity contribution is 7.99. The third-order valence-corrected chi connectivity index (χ3v) is 4.76. The minimum atomic E-state index is 0.472. The Balaban J connectivity index is 2.24. The van der Waals surface area contributed by atoms with E-state index in [1.165, 1.54) is 26.5 Å². The molecule has 0 spiro atoms. The lowest BCUT2D eigenvalue weighted by molar-refractivity contribution is 0.585. The summed E-state index contributed by atoms with van der Waals surface area (Å²) in [4.78, 5) is 2.48. The predicted octanol–water partition coefficient (Wildman–Crippen LogP) is 5.61. The minimum Gasteiger partial charge on any atom is -0.310 e. The fraction of sp³-hybridized carbons (Fsp3) is 0.333. The van der Waals surface area contributed by atoms with E-state index in [1.807, 2.05) is 6.07 Å². The van der Waals surface area contributed by atoms with Gasteiger partial charge in [-0.25, -0.2) is 0 Å². The molecule has 1 N–H and O–H groups in total. The molecule has 1 nitrogen and oxygen atoms in total. The van der Waals surface area contributed by atoms with Gasteiger partial charge in [0.1, 0.15) is 0 Å². The van der Waals surface area contributed by atoms with E-state index in [9.17, 15) is 0 Å². The van der Waals surface area contributed by atoms with Crippen LogP contribution >= 0.6 is 23.4 Å². The number of hydrogen-bond donors (Lipinski definition) is 1. The first kappa shape index (κ1) is 16.4. The lowest BCUT2D eigenvalue weighted by atomic mass is 10.1. The second-order valence-corrected chi connectivity index (χ2v) is 7.19. The molecule has 0 aliphatic carbocycles. The van der Waals surface area contributed by atoms with Crippen molar-refractivity contribution in [3.05, 3.63) is 58.1 Å². The maximum atomic E-state index is 6.17. The zero-order valence-corrected chi connectivity index (χ0v) is 14.6. The van der Waals surface area contributed by atoms with E-state index in [0.717, 1.165) is 11.6 Å². The van der Waals surface area contributed by atoms with E-state index in [1.54, 1.807) is 11.8 Å². The fourth-order valence-corrected chi connectivity index (χ4v) is 3.31. The Hall–Kier alpha value is -0.960. The summed E-state index contributed by atoms with van der Waals surface area (Å²) in [5.41, 5.74) is 3.94. The molecule has 3 heteroatoms. The molecule has 0 heterocycles. The summed E-state index contributed by atoms with van der Waals surface area (Å²) < 4.78 is 0. The molecule has 112 valence electrons. The molecule has 21 heavy (non-hydrogen) atoms. The predicted molar refractivity (Wildman–Crippen MR) is 93.5 cm³/mol. The van der Waals surface area contributed by atoms with Crippen LogP contribution in [0.15, 0.2) is 46.2 Å². The van der Waals surface area contributed by atoms with Crippen molar-refractivity contribution in [1.82, 2.24) is 5.32 Å². The van der Waals surface area contributed by atoms with Crippen molar-refractivity contribution < 1.29 is 0 Å². The Bertz CT molecular complexity index is 623. The highest BCUT2D eigenvalue weighted by atomic mass is 35.5. The molecule has 0 fully saturated rings. The van der Waals surface area contributed by atoms with Crippen LogP contribution < -0.4 is 5.32 Å². The van der Waals surface area contributed by atoms with Gasteiger partial charge in [0.25, 0.3) is 0 Å². The summed E-state index contributed by atoms with van der Waals surface area (Å²) in [6, 6.07) is 13.2. The number of benzene rings is 2. The van der Waals surface area contributed by atoms with Crippen LogP contribution in [0.2, 0.25) is 5.02 Å². The zero-order valence-electron chi connectivity index (χ0n) is 13.0. The first-order valence-electron chi connectivity index (χ1n) is 7.22. The highest BCUT2D eigenvalue weighted by Gasteiger charge is 2.07. The Labute approximate surface area is 137 Å². The van der Waals surface area contributed by atoms with Crippen LogP contribution in [-0.2, 0) is 6.54 Å². The average Bonchev–Trinajstić information content (AvgIpc) is 2.42. The van der Waals surface area contributed by atoms with Crippen LogP contribution in [0, 0.1) is 13.8 Å². The van der Waals surface area contributed by atoms with Gasteiger partial charge in [0.05, 0.1) is 0 Å². The smallest absolute Gasteiger partial charge is 0.0417 e. The summed E-state index contributed by atoms with van der Waals surface area (Å²) >= 11 is 7.95. The van der Waals surface area contributed by atoms with Crippen molar-refractivity contribution in [3.8, 4) is 0 Å². The maximum Gasteiger partial charge on any atom is 0.0417 e. The zero-order chi connectivity index (χ0) is 15.4. The van der Waals surface area contributed by atoms with Crippen molar-refractivity contribution in [2.24, 2.45) is 0 Å². The number of rotatable bonds is 5. The summed E-state index contributed by atoms with van der Waals surface area (Å²) in [6.07, 6.45) is 0. The molecule has 0 radical (unpaired) electrons. The number of nitrogens with one attached hydrogen (secondary N) is 1. The molecule has 0 aliphatic rings. The van der Waals surface area contributed by atoms with Gasteiger partial charge in [-0.2, -0.15) is 0 Å². The standard InChI is InChI=1S/C18H22ClNS/c1-12(2)20-11-15-6-7-16(19)10-18(15)21-17-8-5-13(3)14(4)9-17/h5-10,12,20H,11H2,1-4H3. The number of aryl methyl sites for hydroxylation is 2. The molecule has 0 aliphatic heterocycles. The van der Waals surface area contributed by atoms with Gasteiger partial charge >= 0.3 is 0 Å². The third kappa shape index (κ3) is 4.77. The van der Waals surface area contributed by atoms with Crippen LogP contribution in [-0.4, -0.2) is 6.04 Å². The molecule has 0 unspecified atom stereocenters. The molecule has 0 atom stereocenters. The van der Waals surface area contributed by atoms with E-state index in [0.29, 0.717) is 6.04 Å². The van der Waals surface area contributed by atoms with Crippen LogP contribution in [0.25, 0.3) is 0 Å². The normalized spacial score (nSPS) is 11.1. The molecular weight excluding hydrogens is 298 g/mol. The van der Waals surface area contributed by atoms with Gasteiger partial charge in [-0.15, -0.1) is 0 Å². The van der Waals surface area contributed by atoms with Gasteiger partial charge in [-0.1, -0.05) is 49.3 Å². The SMILES string of the molecule is Cc1ccc(Sc2cc(Cl)ccc2CNC(C)C)cc1C. The van der Waals surface area contributed by atoms with E-state index in [4.69, 9.17) is 11.6 Å². The van der Waals surface area contributed by atoms with Gasteiger partial charge in [0.15, 0.2) is 0 Å². The van der Waals surface area contributed by atoms with E-state index < -0.39 is 0 Å². The van der Waals surface area contributed by atoms with Gasteiger partial charge in [0, 0.05) is 27.4 Å². The quantitative estimate of drug-likeness (QED) is 0.769. The molecule has 0 bridgehead atoms. The minimum absolute atomic E-state index is 0.472. The first-order chi connectivity index (χ1) is 9.95. The largest absolute Gasteiger partial charge is 0.310 e. The van der Waals surface area contributed by atoms with Crippen molar-refractivity contribution in [3.63, 3.8) is 0 Å². The lowest BCUT2D eigenvalue weighted by Crippen LogP contribution is -2.22. The number of halogens is 1. The molecule has 0 saturated carbocycles. The van der Waals surface area contributed by atoms with Gasteiger partial charge in [0.2, 0.25) is 0 Å². The Kier molecular flexibility index (Phi) is 5.74. The molecule has 2 rings (SSSR count). The summed E-state index contributed by atoms with van der Waals surface area (Å²) in [7, 11) is 0. The summed E-state index contributed by atoms with van der Waals surface area (Å²) in [5, 5.41) is 4.26. The number of hydrogen-bond acceptors (Lipinski definition) is 2. The average molecular weight is 320 g/mol. The maximum absolute atomic E-state index is 6.17. The Morgan fingerprint density at radius 3 is 2.48 bits per heavy atom. The van der Waals surface area contributed by atoms with Crippen LogP contribution in [0.5, 0.6) is 0 Å². The second-order valence-electron chi connectivity index (χ2n) is 5.64. The van der Waals surface area contributed by atoms with Gasteiger partial charge in [-0.05, 0) is 54.8 Å². The summed E-state index contributed by atoms with van der Waals surface area (Å²) in [6.45, 7) is 9.47. The van der Waals surface area contributed by atoms with Crippen LogP contribution in [0.3, 0.4) is 0 Å². The van der Waals surface area contributed by atoms with Crippen LogP contribution in [0.4, 0.5) is 0 Å². The van der Waals surface area contributed by atoms with E-state index in [-0.39, 0.29) is 0 Å². The van der Waals surface area contributed by atoms with Gasteiger partial charge in [-0.3, -0.25) is 0 Å². The van der Waals surface area contributed by atoms with Crippen molar-refractivity contribution in [1.29, 1.82) is 0 Å². The third-order valence-electron chi connectivity index (χ3n) is 3.44. The lowest BCUT2D eigenvalue weighted by Gasteiger charge is -2.13. The Morgan fingerprint density at radius 1 is 1.05 bits per heavy atom. The monoisotopic (exact) mass is 319 g/mol. The molecule has 0 aromatic heterocycles. The first-order valence-corrected chi connectivity index (χ1v) is 8.42. The molecule has 0 saturated heterocycles. The van der Waals surface area contributed by atoms with E-state index in [2.05, 4.69) is 63.3 Å². The molecule has 2 aromatic carbocycles. The molecular formula is C18H22ClNS. The highest BCUT2D eigenvalue weighted by Crippen LogP contribution is 2.33. The van der Waals surface area contributed by atoms with Crippen molar-refractivity contribution >= 4 is 23.4 Å². The fourth-order valence-electron chi connectivity index (χ4n) is 1.99.